The molecule has 134 valence electrons. The first kappa shape index (κ1) is 17.2. The monoisotopic (exact) mass is 391 g/mol. The highest BCUT2D eigenvalue weighted by Gasteiger charge is 2.48. The number of carbonyl (C=O) groups is 2. The third kappa shape index (κ3) is 2.72. The number of carbonyl (C=O) groups excluding carboxylic acids is 2. The molecule has 1 aromatic heterocycles. The summed E-state index contributed by atoms with van der Waals surface area (Å²) in [7, 11) is 0. The zero-order chi connectivity index (χ0) is 18.6. The van der Waals surface area contributed by atoms with Crippen molar-refractivity contribution < 1.29 is 18.7 Å². The van der Waals surface area contributed by atoms with Crippen LogP contribution in [0.15, 0.2) is 46.0 Å². The second-order valence-electron chi connectivity index (χ2n) is 6.82. The second kappa shape index (κ2) is 5.89. The van der Waals surface area contributed by atoms with Gasteiger partial charge in [-0.05, 0) is 44.2 Å². The van der Waals surface area contributed by atoms with Gasteiger partial charge in [-0.1, -0.05) is 23.2 Å². The molecule has 1 amide bonds. The van der Waals surface area contributed by atoms with Gasteiger partial charge in [0.2, 0.25) is 5.91 Å². The number of ether oxygens (including phenoxy) is 1. The van der Waals surface area contributed by atoms with E-state index < -0.39 is 17.5 Å². The van der Waals surface area contributed by atoms with Crippen molar-refractivity contribution in [1.82, 2.24) is 5.32 Å². The van der Waals surface area contributed by atoms with Crippen LogP contribution in [0.25, 0.3) is 11.3 Å². The fraction of sp³-hybridized carbons (Fsp3) is 0.263. The number of cyclic esters (lactones) is 1. The van der Waals surface area contributed by atoms with Crippen LogP contribution in [0.1, 0.15) is 31.9 Å². The van der Waals surface area contributed by atoms with E-state index in [4.69, 9.17) is 32.4 Å². The number of furan rings is 1. The molecule has 1 atom stereocenters. The molecule has 2 aliphatic rings. The molecule has 0 aliphatic carbocycles. The average molecular weight is 392 g/mol. The first-order valence-electron chi connectivity index (χ1n) is 8.09. The number of hydrogen-bond donors (Lipinski definition) is 1. The van der Waals surface area contributed by atoms with Crippen molar-refractivity contribution in [3.8, 4) is 11.3 Å². The van der Waals surface area contributed by atoms with Gasteiger partial charge < -0.3 is 14.5 Å². The number of esters is 1. The van der Waals surface area contributed by atoms with Crippen molar-refractivity contribution in [1.29, 1.82) is 0 Å². The van der Waals surface area contributed by atoms with Gasteiger partial charge >= 0.3 is 5.97 Å². The van der Waals surface area contributed by atoms with Crippen molar-refractivity contribution in [2.45, 2.75) is 31.8 Å². The zero-order valence-electron chi connectivity index (χ0n) is 14.1. The minimum Gasteiger partial charge on any atom is -0.460 e. The Morgan fingerprint density at radius 1 is 1.15 bits per heavy atom. The largest absolute Gasteiger partial charge is 0.460 e. The smallest absolute Gasteiger partial charge is 0.337 e. The summed E-state index contributed by atoms with van der Waals surface area (Å²) in [6, 6.07) is 8.64. The summed E-state index contributed by atoms with van der Waals surface area (Å²) in [5.41, 5.74) is 0.769. The maximum Gasteiger partial charge on any atom is 0.337 e. The molecule has 3 heterocycles. The fourth-order valence-electron chi connectivity index (χ4n) is 3.39. The Kier molecular flexibility index (Phi) is 3.90. The molecular weight excluding hydrogens is 377 g/mol. The maximum atomic E-state index is 12.4. The molecule has 1 N–H and O–H groups in total. The Morgan fingerprint density at radius 3 is 2.65 bits per heavy atom. The third-order valence-corrected chi connectivity index (χ3v) is 5.16. The van der Waals surface area contributed by atoms with E-state index in [0.29, 0.717) is 38.4 Å². The van der Waals surface area contributed by atoms with Gasteiger partial charge in [-0.2, -0.15) is 0 Å². The lowest BCUT2D eigenvalue weighted by Crippen LogP contribution is -2.38. The Balaban J connectivity index is 1.76. The predicted molar refractivity (Wildman–Crippen MR) is 96.9 cm³/mol. The lowest BCUT2D eigenvalue weighted by molar-refractivity contribution is -0.144. The molecule has 0 unspecified atom stereocenters. The Morgan fingerprint density at radius 2 is 1.92 bits per heavy atom. The number of halogens is 2. The second-order valence-corrected chi connectivity index (χ2v) is 7.66. The van der Waals surface area contributed by atoms with Crippen molar-refractivity contribution in [3.05, 3.63) is 57.4 Å². The summed E-state index contributed by atoms with van der Waals surface area (Å²) in [5, 5.41) is 3.76. The van der Waals surface area contributed by atoms with Crippen LogP contribution in [-0.2, 0) is 14.3 Å². The van der Waals surface area contributed by atoms with Crippen LogP contribution in [0, 0.1) is 0 Å². The fourth-order valence-corrected chi connectivity index (χ4v) is 3.90. The molecule has 0 saturated heterocycles. The van der Waals surface area contributed by atoms with E-state index in [0.717, 1.165) is 0 Å². The number of hydrogen-bond acceptors (Lipinski definition) is 4. The SMILES string of the molecule is CC1(C)OC(=O)C2=C1NC(=O)C[C@@H]2c1ccc(-c2ccc(Cl)cc2Cl)o1. The molecule has 26 heavy (non-hydrogen) atoms. The third-order valence-electron chi connectivity index (χ3n) is 4.61. The van der Waals surface area contributed by atoms with Crippen molar-refractivity contribution >= 4 is 35.1 Å². The lowest BCUT2D eigenvalue weighted by Gasteiger charge is -2.26. The highest BCUT2D eigenvalue weighted by atomic mass is 35.5. The minimum atomic E-state index is -0.865. The van der Waals surface area contributed by atoms with Gasteiger partial charge in [0.05, 0.1) is 22.2 Å². The summed E-state index contributed by atoms with van der Waals surface area (Å²) in [5.74, 6) is -0.0450. The molecule has 0 radical (unpaired) electrons. The summed E-state index contributed by atoms with van der Waals surface area (Å²) in [4.78, 5) is 24.5. The topological polar surface area (TPSA) is 68.5 Å². The molecule has 1 aromatic carbocycles. The number of amides is 1. The van der Waals surface area contributed by atoms with Crippen LogP contribution in [0.2, 0.25) is 10.0 Å². The summed E-state index contributed by atoms with van der Waals surface area (Å²) in [6.07, 6.45) is 0.116. The van der Waals surface area contributed by atoms with E-state index in [9.17, 15) is 9.59 Å². The Bertz CT molecular complexity index is 974. The van der Waals surface area contributed by atoms with Gasteiger partial charge in [0.1, 0.15) is 17.1 Å². The Labute approximate surface area is 159 Å². The highest BCUT2D eigenvalue weighted by Crippen LogP contribution is 2.44. The summed E-state index contributed by atoms with van der Waals surface area (Å²) >= 11 is 12.2. The van der Waals surface area contributed by atoms with E-state index in [1.807, 2.05) is 0 Å². The minimum absolute atomic E-state index is 0.116. The van der Waals surface area contributed by atoms with Crippen LogP contribution in [0.5, 0.6) is 0 Å². The van der Waals surface area contributed by atoms with E-state index in [1.54, 1.807) is 44.2 Å². The van der Waals surface area contributed by atoms with Crippen LogP contribution < -0.4 is 5.32 Å². The number of nitrogens with one attached hydrogen (secondary N) is 1. The first-order valence-corrected chi connectivity index (χ1v) is 8.85. The first-order chi connectivity index (χ1) is 12.3. The molecule has 0 spiro atoms. The van der Waals surface area contributed by atoms with E-state index in [1.165, 1.54) is 0 Å². The van der Waals surface area contributed by atoms with Crippen molar-refractivity contribution in [2.24, 2.45) is 0 Å². The number of rotatable bonds is 2. The summed E-state index contributed by atoms with van der Waals surface area (Å²) in [6.45, 7) is 3.49. The quantitative estimate of drug-likeness (QED) is 0.767. The van der Waals surface area contributed by atoms with Gasteiger partial charge in [0.25, 0.3) is 0 Å². The molecule has 0 bridgehead atoms. The Hall–Kier alpha value is -2.24. The molecular formula is C19H15Cl2NO4. The molecule has 0 saturated carbocycles. The van der Waals surface area contributed by atoms with Gasteiger partial charge in [0.15, 0.2) is 0 Å². The molecule has 2 aromatic rings. The van der Waals surface area contributed by atoms with E-state index in [-0.39, 0.29) is 12.3 Å². The van der Waals surface area contributed by atoms with Crippen LogP contribution in [0.4, 0.5) is 0 Å². The maximum absolute atomic E-state index is 12.4. The molecule has 5 nitrogen and oxygen atoms in total. The van der Waals surface area contributed by atoms with Gasteiger partial charge in [-0.15, -0.1) is 0 Å². The van der Waals surface area contributed by atoms with Crippen LogP contribution >= 0.6 is 23.2 Å². The van der Waals surface area contributed by atoms with Crippen LogP contribution in [-0.4, -0.2) is 17.5 Å². The standard InChI is InChI=1S/C19H15Cl2NO4/c1-19(2)17-16(18(24)26-19)11(8-15(23)22-17)14-6-5-13(25-14)10-4-3-9(20)7-12(10)21/h3-7,11H,8H2,1-2H3,(H,22,23)/t11-/m1/s1. The molecule has 7 heteroatoms. The normalized spacial score (nSPS) is 21.5. The average Bonchev–Trinajstić information content (AvgIpc) is 3.10. The lowest BCUT2D eigenvalue weighted by atomic mass is 9.86. The van der Waals surface area contributed by atoms with Crippen molar-refractivity contribution in [3.63, 3.8) is 0 Å². The molecule has 4 rings (SSSR count). The van der Waals surface area contributed by atoms with E-state index >= 15 is 0 Å². The van der Waals surface area contributed by atoms with Gasteiger partial charge in [-0.3, -0.25) is 4.79 Å². The van der Waals surface area contributed by atoms with Crippen molar-refractivity contribution in [2.75, 3.05) is 0 Å². The van der Waals surface area contributed by atoms with Gasteiger partial charge in [-0.25, -0.2) is 4.79 Å². The van der Waals surface area contributed by atoms with E-state index in [2.05, 4.69) is 5.32 Å². The molecule has 0 fully saturated rings. The number of benzene rings is 1. The molecule has 2 aliphatic heterocycles. The van der Waals surface area contributed by atoms with Crippen LogP contribution in [0.3, 0.4) is 0 Å². The zero-order valence-corrected chi connectivity index (χ0v) is 15.6. The van der Waals surface area contributed by atoms with Gasteiger partial charge in [0, 0.05) is 17.0 Å². The highest BCUT2D eigenvalue weighted by molar-refractivity contribution is 6.36. The predicted octanol–water partition coefficient (Wildman–Crippen LogP) is 4.45. The summed E-state index contributed by atoms with van der Waals surface area (Å²) < 4.78 is 11.4.